The second-order valence-electron chi connectivity index (χ2n) is 7.69. The van der Waals surface area contributed by atoms with Crippen molar-refractivity contribution in [2.75, 3.05) is 6.54 Å². The molecule has 0 bridgehead atoms. The molecular formula is C26H24N2O. The maximum absolute atomic E-state index is 13.3. The van der Waals surface area contributed by atoms with Gasteiger partial charge < -0.3 is 9.47 Å². The van der Waals surface area contributed by atoms with Crippen LogP contribution in [0.5, 0.6) is 0 Å². The zero-order chi connectivity index (χ0) is 20.0. The van der Waals surface area contributed by atoms with Gasteiger partial charge in [-0.3, -0.25) is 4.79 Å². The summed E-state index contributed by atoms with van der Waals surface area (Å²) in [5, 5.41) is 1.21. The number of aryl methyl sites for hydroxylation is 1. The molecule has 1 amide bonds. The highest BCUT2D eigenvalue weighted by Crippen LogP contribution is 2.46. The number of carbonyl (C=O) groups excluding carboxylic acids is 1. The van der Waals surface area contributed by atoms with Crippen molar-refractivity contribution in [2.24, 2.45) is 7.05 Å². The molecule has 3 heteroatoms. The van der Waals surface area contributed by atoms with E-state index < -0.39 is 0 Å². The molecule has 4 aromatic rings. The average Bonchev–Trinajstić information content (AvgIpc) is 3.21. The summed E-state index contributed by atoms with van der Waals surface area (Å²) >= 11 is 0. The first-order valence-electron chi connectivity index (χ1n) is 10.2. The predicted molar refractivity (Wildman–Crippen MR) is 118 cm³/mol. The number of nitrogens with zero attached hydrogens (tertiary/aromatic N) is 2. The lowest BCUT2D eigenvalue weighted by Crippen LogP contribution is -2.29. The molecule has 1 atom stereocenters. The van der Waals surface area contributed by atoms with Crippen LogP contribution in [0.2, 0.25) is 0 Å². The van der Waals surface area contributed by atoms with Gasteiger partial charge in [0, 0.05) is 35.6 Å². The normalized spacial score (nSPS) is 15.9. The van der Waals surface area contributed by atoms with Crippen molar-refractivity contribution in [3.8, 4) is 11.3 Å². The van der Waals surface area contributed by atoms with Crippen molar-refractivity contribution in [2.45, 2.75) is 19.4 Å². The molecule has 1 aliphatic heterocycles. The summed E-state index contributed by atoms with van der Waals surface area (Å²) < 4.78 is 2.27. The van der Waals surface area contributed by atoms with Crippen LogP contribution in [0.15, 0.2) is 78.9 Å². The standard InChI is InChI=1S/C26H24N2O/c1-3-17-28-25(19-13-7-8-14-20(19)26(28)29)23-21-15-9-10-16-22(21)27(2)24(23)18-11-5-4-6-12-18/h4-16,25H,3,17H2,1-2H3/t25-/m1/s1. The highest BCUT2D eigenvalue weighted by atomic mass is 16.2. The minimum absolute atomic E-state index is 0.0695. The summed E-state index contributed by atoms with van der Waals surface area (Å²) in [6.45, 7) is 2.88. The first kappa shape index (κ1) is 17.7. The van der Waals surface area contributed by atoms with Crippen LogP contribution in [-0.4, -0.2) is 21.9 Å². The van der Waals surface area contributed by atoms with Gasteiger partial charge in [-0.2, -0.15) is 0 Å². The van der Waals surface area contributed by atoms with Gasteiger partial charge in [0.05, 0.1) is 11.7 Å². The molecule has 3 aromatic carbocycles. The van der Waals surface area contributed by atoms with Crippen LogP contribution >= 0.6 is 0 Å². The molecule has 0 fully saturated rings. The third kappa shape index (κ3) is 2.61. The van der Waals surface area contributed by atoms with E-state index in [1.807, 2.05) is 24.3 Å². The maximum Gasteiger partial charge on any atom is 0.255 e. The minimum Gasteiger partial charge on any atom is -0.343 e. The van der Waals surface area contributed by atoms with Crippen LogP contribution in [0.4, 0.5) is 0 Å². The van der Waals surface area contributed by atoms with Crippen molar-refractivity contribution >= 4 is 16.8 Å². The molecule has 3 nitrogen and oxygen atoms in total. The molecule has 0 N–H and O–H groups in total. The summed E-state index contributed by atoms with van der Waals surface area (Å²) in [7, 11) is 2.13. The number of para-hydroxylation sites is 1. The summed E-state index contributed by atoms with van der Waals surface area (Å²) in [6, 6.07) is 27.1. The van der Waals surface area contributed by atoms with Crippen LogP contribution in [0, 0.1) is 0 Å². The van der Waals surface area contributed by atoms with Crippen LogP contribution in [-0.2, 0) is 7.05 Å². The summed E-state index contributed by atoms with van der Waals surface area (Å²) in [5.74, 6) is 0.138. The largest absolute Gasteiger partial charge is 0.343 e. The van der Waals surface area contributed by atoms with E-state index in [2.05, 4.69) is 78.0 Å². The fraction of sp³-hybridized carbons (Fsp3) is 0.192. The number of hydrogen-bond donors (Lipinski definition) is 0. The van der Waals surface area contributed by atoms with Crippen molar-refractivity contribution < 1.29 is 4.79 Å². The van der Waals surface area contributed by atoms with Gasteiger partial charge in [0.2, 0.25) is 0 Å². The van der Waals surface area contributed by atoms with Gasteiger partial charge in [-0.25, -0.2) is 0 Å². The van der Waals surface area contributed by atoms with Gasteiger partial charge in [-0.15, -0.1) is 0 Å². The molecule has 0 saturated carbocycles. The van der Waals surface area contributed by atoms with E-state index in [9.17, 15) is 4.79 Å². The maximum atomic E-state index is 13.3. The summed E-state index contributed by atoms with van der Waals surface area (Å²) in [6.07, 6.45) is 0.932. The second-order valence-corrected chi connectivity index (χ2v) is 7.69. The molecule has 0 saturated heterocycles. The monoisotopic (exact) mass is 380 g/mol. The smallest absolute Gasteiger partial charge is 0.255 e. The molecule has 29 heavy (non-hydrogen) atoms. The number of amides is 1. The van der Waals surface area contributed by atoms with E-state index in [4.69, 9.17) is 0 Å². The molecule has 0 aliphatic carbocycles. The predicted octanol–water partition coefficient (Wildman–Crippen LogP) is 5.80. The van der Waals surface area contributed by atoms with Gasteiger partial charge in [-0.1, -0.05) is 73.7 Å². The topological polar surface area (TPSA) is 25.2 Å². The van der Waals surface area contributed by atoms with E-state index in [0.717, 1.165) is 24.1 Å². The van der Waals surface area contributed by atoms with Crippen LogP contribution in [0.1, 0.15) is 40.9 Å². The minimum atomic E-state index is -0.0695. The molecule has 144 valence electrons. The number of hydrogen-bond acceptors (Lipinski definition) is 1. The number of aromatic nitrogens is 1. The van der Waals surface area contributed by atoms with Crippen LogP contribution < -0.4 is 0 Å². The Morgan fingerprint density at radius 2 is 1.55 bits per heavy atom. The molecule has 1 aliphatic rings. The average molecular weight is 380 g/mol. The van der Waals surface area contributed by atoms with E-state index in [1.165, 1.54) is 27.7 Å². The highest BCUT2D eigenvalue weighted by molar-refractivity contribution is 6.02. The lowest BCUT2D eigenvalue weighted by molar-refractivity contribution is 0.0751. The molecule has 0 unspecified atom stereocenters. The Hall–Kier alpha value is -3.33. The van der Waals surface area contributed by atoms with E-state index >= 15 is 0 Å². The van der Waals surface area contributed by atoms with Gasteiger partial charge in [0.15, 0.2) is 0 Å². The number of benzene rings is 3. The Balaban J connectivity index is 1.86. The van der Waals surface area contributed by atoms with Crippen molar-refractivity contribution in [1.82, 2.24) is 9.47 Å². The zero-order valence-corrected chi connectivity index (χ0v) is 16.8. The highest BCUT2D eigenvalue weighted by Gasteiger charge is 2.39. The van der Waals surface area contributed by atoms with E-state index in [1.54, 1.807) is 0 Å². The lowest BCUT2D eigenvalue weighted by atomic mass is 9.93. The molecule has 2 heterocycles. The fourth-order valence-corrected chi connectivity index (χ4v) is 4.80. The Morgan fingerprint density at radius 1 is 0.862 bits per heavy atom. The first-order valence-corrected chi connectivity index (χ1v) is 10.2. The molecule has 5 rings (SSSR count). The van der Waals surface area contributed by atoms with E-state index in [0.29, 0.717) is 0 Å². The molecule has 0 spiro atoms. The Labute approximate surface area is 171 Å². The zero-order valence-electron chi connectivity index (χ0n) is 16.8. The van der Waals surface area contributed by atoms with Gasteiger partial charge in [0.25, 0.3) is 5.91 Å². The first-order chi connectivity index (χ1) is 14.2. The van der Waals surface area contributed by atoms with Crippen molar-refractivity contribution in [3.63, 3.8) is 0 Å². The number of fused-ring (bicyclic) bond motifs is 2. The SMILES string of the molecule is CCCN1C(=O)c2ccccc2[C@@H]1c1c(-c2ccccc2)n(C)c2ccccc12. The lowest BCUT2D eigenvalue weighted by Gasteiger charge is -2.26. The Kier molecular flexibility index (Phi) is 4.24. The molecular weight excluding hydrogens is 356 g/mol. The van der Waals surface area contributed by atoms with Gasteiger partial charge in [-0.05, 0) is 29.7 Å². The summed E-state index contributed by atoms with van der Waals surface area (Å²) in [5.41, 5.74) is 6.71. The second kappa shape index (κ2) is 6.93. The van der Waals surface area contributed by atoms with E-state index in [-0.39, 0.29) is 11.9 Å². The van der Waals surface area contributed by atoms with Crippen LogP contribution in [0.25, 0.3) is 22.2 Å². The quantitative estimate of drug-likeness (QED) is 0.439. The number of rotatable bonds is 4. The fourth-order valence-electron chi connectivity index (χ4n) is 4.80. The third-order valence-corrected chi connectivity index (χ3v) is 5.99. The van der Waals surface area contributed by atoms with Gasteiger partial charge >= 0.3 is 0 Å². The number of carbonyl (C=O) groups is 1. The summed E-state index contributed by atoms with van der Waals surface area (Å²) in [4.78, 5) is 15.3. The molecule has 0 radical (unpaired) electrons. The van der Waals surface area contributed by atoms with Crippen molar-refractivity contribution in [3.05, 3.63) is 95.6 Å². The van der Waals surface area contributed by atoms with Crippen LogP contribution in [0.3, 0.4) is 0 Å². The van der Waals surface area contributed by atoms with Gasteiger partial charge in [0.1, 0.15) is 0 Å². The Morgan fingerprint density at radius 3 is 2.34 bits per heavy atom. The van der Waals surface area contributed by atoms with Crippen molar-refractivity contribution in [1.29, 1.82) is 0 Å². The third-order valence-electron chi connectivity index (χ3n) is 5.99. The molecule has 1 aromatic heterocycles. The Bertz CT molecular complexity index is 1210.